The summed E-state index contributed by atoms with van der Waals surface area (Å²) in [5.74, 6) is -1.29. The minimum atomic E-state index is -5.08. The number of nitrogens with zero attached hydrogens (tertiary/aromatic N) is 7. The topological polar surface area (TPSA) is 136 Å². The second kappa shape index (κ2) is 10.7. The molecule has 2 amide bonds. The Labute approximate surface area is 220 Å². The average molecular weight is 550 g/mol. The first-order chi connectivity index (χ1) is 18.5. The van der Waals surface area contributed by atoms with E-state index in [0.717, 1.165) is 11.4 Å². The molecular weight excluding hydrogens is 523 g/mol. The van der Waals surface area contributed by atoms with Crippen molar-refractivity contribution in [3.8, 4) is 11.4 Å². The molecule has 0 bridgehead atoms. The quantitative estimate of drug-likeness (QED) is 0.515. The van der Waals surface area contributed by atoms with E-state index in [1.807, 2.05) is 47.0 Å². The number of hydrogen-bond acceptors (Lipinski definition) is 7. The van der Waals surface area contributed by atoms with E-state index >= 15 is 0 Å². The average Bonchev–Trinajstić information content (AvgIpc) is 3.55. The molecular formula is C24H26F3N7O5. The van der Waals surface area contributed by atoms with Gasteiger partial charge < -0.3 is 23.9 Å². The Morgan fingerprint density at radius 2 is 1.77 bits per heavy atom. The zero-order valence-corrected chi connectivity index (χ0v) is 21.1. The van der Waals surface area contributed by atoms with Crippen molar-refractivity contribution in [1.29, 1.82) is 0 Å². The molecule has 12 nitrogen and oxygen atoms in total. The van der Waals surface area contributed by atoms with Crippen molar-refractivity contribution < 1.29 is 37.4 Å². The predicted octanol–water partition coefficient (Wildman–Crippen LogP) is 2.53. The molecule has 0 saturated carbocycles. The van der Waals surface area contributed by atoms with Crippen LogP contribution in [0.5, 0.6) is 0 Å². The van der Waals surface area contributed by atoms with Gasteiger partial charge in [0, 0.05) is 50.8 Å². The molecule has 3 aromatic rings. The van der Waals surface area contributed by atoms with E-state index in [2.05, 4.69) is 19.7 Å². The third-order valence-corrected chi connectivity index (χ3v) is 6.76. The zero-order valence-electron chi connectivity index (χ0n) is 21.1. The molecule has 1 fully saturated rings. The first-order valence-corrected chi connectivity index (χ1v) is 11.9. The Balaban J connectivity index is 0.000000448. The summed E-state index contributed by atoms with van der Waals surface area (Å²) < 4.78 is 40.7. The lowest BCUT2D eigenvalue weighted by Gasteiger charge is -2.48. The van der Waals surface area contributed by atoms with Crippen molar-refractivity contribution in [1.82, 2.24) is 34.1 Å². The number of aromatic nitrogens is 5. The number of carbonyl (C=O) groups excluding carboxylic acids is 2. The van der Waals surface area contributed by atoms with Gasteiger partial charge in [0.1, 0.15) is 5.69 Å². The smallest absolute Gasteiger partial charge is 0.475 e. The Morgan fingerprint density at radius 3 is 2.31 bits per heavy atom. The maximum absolute atomic E-state index is 13.0. The number of carbonyl (C=O) groups is 3. The van der Waals surface area contributed by atoms with Crippen LogP contribution in [-0.4, -0.2) is 90.1 Å². The minimum Gasteiger partial charge on any atom is -0.475 e. The number of amides is 2. The third-order valence-electron chi connectivity index (χ3n) is 6.76. The van der Waals surface area contributed by atoms with Crippen molar-refractivity contribution in [2.24, 2.45) is 7.05 Å². The molecule has 1 N–H and O–H groups in total. The maximum Gasteiger partial charge on any atom is 0.490 e. The van der Waals surface area contributed by atoms with E-state index in [-0.39, 0.29) is 12.0 Å². The summed E-state index contributed by atoms with van der Waals surface area (Å²) in [6.45, 7) is 1.95. The SMILES string of the molecule is COC(=O)N1Cc2nnc(-c3cccnc3)n2C2(CCN(C(=O)c3cccn3C)CC2)C1.O=C(O)C(F)(F)F. The number of ether oxygens (including phenoxy) is 1. The van der Waals surface area contributed by atoms with Crippen LogP contribution in [0.3, 0.4) is 0 Å². The molecule has 208 valence electrons. The zero-order chi connectivity index (χ0) is 28.4. The van der Waals surface area contributed by atoms with Gasteiger partial charge in [-0.3, -0.25) is 14.7 Å². The van der Waals surface area contributed by atoms with Crippen LogP contribution in [0.2, 0.25) is 0 Å². The molecule has 2 aliphatic rings. The summed E-state index contributed by atoms with van der Waals surface area (Å²) in [7, 11) is 3.26. The van der Waals surface area contributed by atoms with E-state index in [1.54, 1.807) is 17.3 Å². The molecule has 39 heavy (non-hydrogen) atoms. The van der Waals surface area contributed by atoms with Crippen LogP contribution in [0.15, 0.2) is 42.9 Å². The van der Waals surface area contributed by atoms with Gasteiger partial charge in [0.25, 0.3) is 5.91 Å². The first kappa shape index (κ1) is 27.6. The molecule has 1 saturated heterocycles. The number of carboxylic acid groups (broad SMARTS) is 1. The Bertz CT molecular complexity index is 1350. The van der Waals surface area contributed by atoms with E-state index in [9.17, 15) is 22.8 Å². The van der Waals surface area contributed by atoms with E-state index in [0.29, 0.717) is 50.5 Å². The number of rotatable bonds is 2. The van der Waals surface area contributed by atoms with Crippen LogP contribution >= 0.6 is 0 Å². The van der Waals surface area contributed by atoms with Gasteiger partial charge in [0.2, 0.25) is 0 Å². The van der Waals surface area contributed by atoms with Crippen LogP contribution in [-0.2, 0) is 28.7 Å². The molecule has 0 aromatic carbocycles. The lowest BCUT2D eigenvalue weighted by atomic mass is 9.84. The highest BCUT2D eigenvalue weighted by Crippen LogP contribution is 2.39. The number of alkyl halides is 3. The Kier molecular flexibility index (Phi) is 7.60. The normalized spacial score (nSPS) is 16.2. The van der Waals surface area contributed by atoms with Crippen LogP contribution in [0.25, 0.3) is 11.4 Å². The molecule has 3 aromatic heterocycles. The van der Waals surface area contributed by atoms with Crippen molar-refractivity contribution in [3.63, 3.8) is 0 Å². The van der Waals surface area contributed by atoms with Gasteiger partial charge in [-0.15, -0.1) is 10.2 Å². The summed E-state index contributed by atoms with van der Waals surface area (Å²) in [5.41, 5.74) is 1.11. The Hall–Kier alpha value is -4.43. The standard InChI is InChI=1S/C22H25N7O3.C2HF3O2/c1-26-10-4-6-17(26)20(30)27-11-7-22(8-12-27)15-28(21(31)32-2)14-18-24-25-19(29(18)22)16-5-3-9-23-13-16;3-2(4,5)1(6)7/h3-6,9-10,13H,7-8,11-12,14-15H2,1-2H3;(H,6,7). The summed E-state index contributed by atoms with van der Waals surface area (Å²) in [6.07, 6.45) is 1.25. The number of aryl methyl sites for hydroxylation is 1. The highest BCUT2D eigenvalue weighted by molar-refractivity contribution is 5.92. The van der Waals surface area contributed by atoms with Crippen molar-refractivity contribution in [2.45, 2.75) is 31.1 Å². The summed E-state index contributed by atoms with van der Waals surface area (Å²) in [5, 5.41) is 16.0. The molecule has 15 heteroatoms. The van der Waals surface area contributed by atoms with E-state index in [4.69, 9.17) is 14.6 Å². The Morgan fingerprint density at radius 1 is 1.08 bits per heavy atom. The minimum absolute atomic E-state index is 0.0180. The number of piperidine rings is 1. The van der Waals surface area contributed by atoms with Gasteiger partial charge in [-0.1, -0.05) is 0 Å². The van der Waals surface area contributed by atoms with Gasteiger partial charge in [-0.05, 0) is 37.1 Å². The number of halogens is 3. The first-order valence-electron chi connectivity index (χ1n) is 11.9. The van der Waals surface area contributed by atoms with Crippen LogP contribution in [0.4, 0.5) is 18.0 Å². The summed E-state index contributed by atoms with van der Waals surface area (Å²) in [6, 6.07) is 7.54. The van der Waals surface area contributed by atoms with E-state index in [1.165, 1.54) is 7.11 Å². The van der Waals surface area contributed by atoms with Crippen molar-refractivity contribution in [3.05, 3.63) is 54.4 Å². The second-order valence-electron chi connectivity index (χ2n) is 9.17. The van der Waals surface area contributed by atoms with Crippen LogP contribution in [0.1, 0.15) is 29.2 Å². The number of likely N-dealkylation sites (tertiary alicyclic amines) is 1. The number of aliphatic carboxylic acids is 1. The fourth-order valence-corrected chi connectivity index (χ4v) is 4.86. The number of fused-ring (bicyclic) bond motifs is 2. The van der Waals surface area contributed by atoms with Gasteiger partial charge in [-0.25, -0.2) is 9.59 Å². The molecule has 2 aliphatic heterocycles. The van der Waals surface area contributed by atoms with Crippen LogP contribution in [0, 0.1) is 0 Å². The summed E-state index contributed by atoms with van der Waals surface area (Å²) >= 11 is 0. The fraction of sp³-hybridized carbons (Fsp3) is 0.417. The summed E-state index contributed by atoms with van der Waals surface area (Å²) in [4.78, 5) is 42.1. The molecule has 1 spiro atoms. The molecule has 0 aliphatic carbocycles. The largest absolute Gasteiger partial charge is 0.490 e. The highest BCUT2D eigenvalue weighted by Gasteiger charge is 2.46. The predicted molar refractivity (Wildman–Crippen MR) is 128 cm³/mol. The number of hydrogen-bond donors (Lipinski definition) is 1. The number of carboxylic acids is 1. The number of pyridine rings is 1. The molecule has 0 radical (unpaired) electrons. The molecule has 0 unspecified atom stereocenters. The molecule has 5 heterocycles. The van der Waals surface area contributed by atoms with Gasteiger partial charge in [0.05, 0.1) is 19.2 Å². The fourth-order valence-electron chi connectivity index (χ4n) is 4.86. The lowest BCUT2D eigenvalue weighted by Crippen LogP contribution is -2.57. The number of methoxy groups -OCH3 is 1. The maximum atomic E-state index is 13.0. The highest BCUT2D eigenvalue weighted by atomic mass is 19.4. The van der Waals surface area contributed by atoms with Gasteiger partial charge in [0.15, 0.2) is 11.6 Å². The second-order valence-corrected chi connectivity index (χ2v) is 9.17. The van der Waals surface area contributed by atoms with Crippen molar-refractivity contribution in [2.75, 3.05) is 26.7 Å². The lowest BCUT2D eigenvalue weighted by molar-refractivity contribution is -0.192. The molecule has 5 rings (SSSR count). The van der Waals surface area contributed by atoms with Gasteiger partial charge >= 0.3 is 18.2 Å². The third kappa shape index (κ3) is 5.56. The van der Waals surface area contributed by atoms with Gasteiger partial charge in [-0.2, -0.15) is 13.2 Å². The monoisotopic (exact) mass is 549 g/mol. The van der Waals surface area contributed by atoms with Crippen LogP contribution < -0.4 is 0 Å². The van der Waals surface area contributed by atoms with E-state index < -0.39 is 17.7 Å². The van der Waals surface area contributed by atoms with Crippen molar-refractivity contribution >= 4 is 18.0 Å². The molecule has 0 atom stereocenters.